The molecule has 1 heterocycles. The Labute approximate surface area is 167 Å². The monoisotopic (exact) mass is 422 g/mol. The molecule has 1 aromatic heterocycles. The summed E-state index contributed by atoms with van der Waals surface area (Å²) in [5.41, 5.74) is 2.85. The van der Waals surface area contributed by atoms with Crippen molar-refractivity contribution in [1.82, 2.24) is 14.9 Å². The number of esters is 1. The highest BCUT2D eigenvalue weighted by molar-refractivity contribution is 6.33. The van der Waals surface area contributed by atoms with Crippen LogP contribution in [0, 0.1) is 11.6 Å². The van der Waals surface area contributed by atoms with Gasteiger partial charge in [0.25, 0.3) is 5.95 Å². The Balaban J connectivity index is 1.76. The van der Waals surface area contributed by atoms with E-state index in [1.54, 1.807) is 6.07 Å². The van der Waals surface area contributed by atoms with Crippen LogP contribution in [0.3, 0.4) is 0 Å². The van der Waals surface area contributed by atoms with Gasteiger partial charge in [0.1, 0.15) is 6.33 Å². The Kier molecular flexibility index (Phi) is 5.88. The summed E-state index contributed by atoms with van der Waals surface area (Å²) in [6, 6.07) is 5.91. The van der Waals surface area contributed by atoms with Crippen LogP contribution in [-0.2, 0) is 0 Å². The van der Waals surface area contributed by atoms with Gasteiger partial charge >= 0.3 is 5.97 Å². The number of methoxy groups -OCH3 is 1. The summed E-state index contributed by atoms with van der Waals surface area (Å²) >= 11 is 5.79. The van der Waals surface area contributed by atoms with E-state index in [0.29, 0.717) is 17.7 Å². The van der Waals surface area contributed by atoms with Crippen molar-refractivity contribution in [3.8, 4) is 11.5 Å². The summed E-state index contributed by atoms with van der Waals surface area (Å²) in [4.78, 5) is 12.3. The first kappa shape index (κ1) is 20.0. The Bertz CT molecular complexity index is 1090. The first-order valence-electron chi connectivity index (χ1n) is 7.88. The summed E-state index contributed by atoms with van der Waals surface area (Å²) < 4.78 is 38.1. The maximum atomic E-state index is 13.4. The predicted octanol–water partition coefficient (Wildman–Crippen LogP) is 2.60. The molecule has 0 amide bonds. The van der Waals surface area contributed by atoms with Crippen molar-refractivity contribution in [2.45, 2.75) is 0 Å². The van der Waals surface area contributed by atoms with Crippen LogP contribution in [0.4, 0.5) is 14.7 Å². The minimum absolute atomic E-state index is 0.0464. The first-order valence-corrected chi connectivity index (χ1v) is 8.25. The molecular formula is C17H13ClF2N6O3. The van der Waals surface area contributed by atoms with Crippen LogP contribution >= 0.6 is 11.6 Å². The van der Waals surface area contributed by atoms with Gasteiger partial charge in [-0.15, -0.1) is 10.2 Å². The van der Waals surface area contributed by atoms with Gasteiger partial charge in [-0.25, -0.2) is 23.7 Å². The minimum Gasteiger partial charge on any atom is -0.493 e. The van der Waals surface area contributed by atoms with E-state index in [4.69, 9.17) is 26.9 Å². The predicted molar refractivity (Wildman–Crippen MR) is 101 cm³/mol. The van der Waals surface area contributed by atoms with Crippen LogP contribution in [0.2, 0.25) is 5.02 Å². The number of anilines is 1. The number of halogens is 3. The second-order valence-electron chi connectivity index (χ2n) is 5.48. The number of ether oxygens (including phenoxy) is 2. The lowest BCUT2D eigenvalue weighted by Crippen LogP contribution is -2.11. The van der Waals surface area contributed by atoms with Crippen LogP contribution in [-0.4, -0.2) is 34.2 Å². The minimum atomic E-state index is -1.22. The summed E-state index contributed by atoms with van der Waals surface area (Å²) in [5, 5.41) is 10.9. The van der Waals surface area contributed by atoms with Gasteiger partial charge in [-0.2, -0.15) is 5.10 Å². The molecule has 0 bridgehead atoms. The lowest BCUT2D eigenvalue weighted by Gasteiger charge is -2.11. The lowest BCUT2D eigenvalue weighted by molar-refractivity contribution is 0.0729. The normalized spacial score (nSPS) is 10.9. The largest absolute Gasteiger partial charge is 0.493 e. The Morgan fingerprint density at radius 2 is 2.03 bits per heavy atom. The van der Waals surface area contributed by atoms with Crippen molar-refractivity contribution in [3.05, 3.63) is 64.4 Å². The van der Waals surface area contributed by atoms with Crippen molar-refractivity contribution < 1.29 is 23.0 Å². The molecule has 0 unspecified atom stereocenters. The van der Waals surface area contributed by atoms with E-state index in [2.05, 4.69) is 20.7 Å². The van der Waals surface area contributed by atoms with Crippen LogP contribution in [0.1, 0.15) is 15.9 Å². The fraction of sp³-hybridized carbons (Fsp3) is 0.0588. The SMILES string of the molecule is COc1cc(/C=N/Nc2nncn2N)ccc1OC(=O)c1cc(F)c(F)cc1Cl. The summed E-state index contributed by atoms with van der Waals surface area (Å²) in [6.07, 6.45) is 2.73. The second kappa shape index (κ2) is 8.52. The van der Waals surface area contributed by atoms with Crippen LogP contribution in [0.25, 0.3) is 0 Å². The molecule has 0 aliphatic carbocycles. The zero-order valence-electron chi connectivity index (χ0n) is 14.8. The summed E-state index contributed by atoms with van der Waals surface area (Å²) in [6.45, 7) is 0. The Hall–Kier alpha value is -3.73. The van der Waals surface area contributed by atoms with Crippen LogP contribution < -0.4 is 20.7 Å². The highest BCUT2D eigenvalue weighted by Crippen LogP contribution is 2.29. The van der Waals surface area contributed by atoms with E-state index in [9.17, 15) is 13.6 Å². The van der Waals surface area contributed by atoms with Crippen molar-refractivity contribution in [2.24, 2.45) is 5.10 Å². The number of nitrogens with one attached hydrogen (secondary N) is 1. The number of carbonyl (C=O) groups is 1. The third-order valence-electron chi connectivity index (χ3n) is 3.57. The zero-order valence-corrected chi connectivity index (χ0v) is 15.5. The van der Waals surface area contributed by atoms with Gasteiger partial charge in [0.15, 0.2) is 23.1 Å². The van der Waals surface area contributed by atoms with Gasteiger partial charge in [-0.3, -0.25) is 0 Å². The maximum Gasteiger partial charge on any atom is 0.345 e. The van der Waals surface area contributed by atoms with Crippen molar-refractivity contribution in [3.63, 3.8) is 0 Å². The zero-order chi connectivity index (χ0) is 21.0. The number of benzene rings is 2. The molecule has 0 saturated carbocycles. The van der Waals surface area contributed by atoms with E-state index in [1.165, 1.54) is 31.8 Å². The number of rotatable bonds is 6. The highest BCUT2D eigenvalue weighted by atomic mass is 35.5. The third kappa shape index (κ3) is 4.58. The molecule has 3 rings (SSSR count). The number of hydrogen-bond donors (Lipinski definition) is 2. The Morgan fingerprint density at radius 3 is 2.72 bits per heavy atom. The molecule has 0 atom stereocenters. The van der Waals surface area contributed by atoms with Gasteiger partial charge in [0.2, 0.25) is 0 Å². The summed E-state index contributed by atoms with van der Waals surface area (Å²) in [7, 11) is 1.37. The van der Waals surface area contributed by atoms with E-state index in [0.717, 1.165) is 4.68 Å². The topological polar surface area (TPSA) is 117 Å². The molecule has 0 radical (unpaired) electrons. The first-order chi connectivity index (χ1) is 13.9. The molecule has 2 aromatic carbocycles. The summed E-state index contributed by atoms with van der Waals surface area (Å²) in [5.74, 6) is 2.64. The number of aromatic nitrogens is 3. The molecule has 150 valence electrons. The third-order valence-corrected chi connectivity index (χ3v) is 3.88. The van der Waals surface area contributed by atoms with Crippen molar-refractivity contribution in [2.75, 3.05) is 18.4 Å². The molecule has 0 aliphatic heterocycles. The smallest absolute Gasteiger partial charge is 0.345 e. The fourth-order valence-electron chi connectivity index (χ4n) is 2.17. The number of hydrogen-bond acceptors (Lipinski definition) is 8. The molecule has 29 heavy (non-hydrogen) atoms. The van der Waals surface area contributed by atoms with Gasteiger partial charge < -0.3 is 15.3 Å². The molecule has 3 N–H and O–H groups in total. The number of nitrogens with two attached hydrogens (primary N) is 1. The molecule has 0 aliphatic rings. The van der Waals surface area contributed by atoms with Crippen molar-refractivity contribution in [1.29, 1.82) is 0 Å². The van der Waals surface area contributed by atoms with E-state index >= 15 is 0 Å². The quantitative estimate of drug-likeness (QED) is 0.156. The molecule has 9 nitrogen and oxygen atoms in total. The number of nitrogen functional groups attached to an aromatic ring is 1. The Morgan fingerprint density at radius 1 is 1.28 bits per heavy atom. The molecule has 12 heteroatoms. The maximum absolute atomic E-state index is 13.4. The van der Waals surface area contributed by atoms with Gasteiger partial charge in [-0.05, 0) is 35.9 Å². The lowest BCUT2D eigenvalue weighted by atomic mass is 10.2. The number of nitrogens with zero attached hydrogens (tertiary/aromatic N) is 4. The number of carbonyl (C=O) groups excluding carboxylic acids is 1. The molecule has 0 spiro atoms. The van der Waals surface area contributed by atoms with E-state index in [-0.39, 0.29) is 28.0 Å². The fourth-order valence-corrected chi connectivity index (χ4v) is 2.40. The standard InChI is InChI=1S/C17H13ClF2N6O3/c1-28-15-4-9(7-22-24-17-25-23-8-26(17)21)2-3-14(15)29-16(27)10-5-12(19)13(20)6-11(10)18/h2-8H,21H2,1H3,(H,24,25)/b22-7+. The van der Waals surface area contributed by atoms with Gasteiger partial charge in [-0.1, -0.05) is 11.6 Å². The molecule has 0 saturated heterocycles. The average Bonchev–Trinajstić information content (AvgIpc) is 3.10. The van der Waals surface area contributed by atoms with Crippen LogP contribution in [0.15, 0.2) is 41.8 Å². The molecule has 3 aromatic rings. The molecular weight excluding hydrogens is 410 g/mol. The van der Waals surface area contributed by atoms with Gasteiger partial charge in [0.05, 0.1) is 23.9 Å². The molecule has 0 fully saturated rings. The highest BCUT2D eigenvalue weighted by Gasteiger charge is 2.18. The second-order valence-corrected chi connectivity index (χ2v) is 5.88. The number of hydrazone groups is 1. The van der Waals surface area contributed by atoms with E-state index in [1.807, 2.05) is 0 Å². The van der Waals surface area contributed by atoms with Gasteiger partial charge in [0, 0.05) is 0 Å². The van der Waals surface area contributed by atoms with Crippen molar-refractivity contribution >= 4 is 29.7 Å². The van der Waals surface area contributed by atoms with Crippen LogP contribution in [0.5, 0.6) is 11.5 Å². The average molecular weight is 423 g/mol. The van der Waals surface area contributed by atoms with E-state index < -0.39 is 17.6 Å².